The van der Waals surface area contributed by atoms with Gasteiger partial charge in [-0.3, -0.25) is 0 Å². The maximum atomic E-state index is 4.37. The van der Waals surface area contributed by atoms with Crippen LogP contribution in [0.2, 0.25) is 0 Å². The van der Waals surface area contributed by atoms with E-state index in [4.69, 9.17) is 0 Å². The molecular weight excluding hydrogens is 230 g/mol. The third kappa shape index (κ3) is 1.32. The van der Waals surface area contributed by atoms with Crippen molar-refractivity contribution in [3.63, 3.8) is 0 Å². The van der Waals surface area contributed by atoms with Crippen LogP contribution >= 0.6 is 0 Å². The van der Waals surface area contributed by atoms with E-state index in [0.29, 0.717) is 11.1 Å². The van der Waals surface area contributed by atoms with Crippen LogP contribution in [0.15, 0.2) is 0 Å². The highest BCUT2D eigenvalue weighted by atomic mass is 15.2. The van der Waals surface area contributed by atoms with Gasteiger partial charge in [0.1, 0.15) is 0 Å². The average Bonchev–Trinajstić information content (AvgIpc) is 2.59. The molecule has 1 N–H and O–H groups in total. The minimum absolute atomic E-state index is 0.628. The summed E-state index contributed by atoms with van der Waals surface area (Å²) in [6.07, 6.45) is 18.5. The quantitative estimate of drug-likeness (QED) is 0.685. The van der Waals surface area contributed by atoms with Crippen molar-refractivity contribution in [1.82, 2.24) is 5.32 Å². The largest absolute Gasteiger partial charge is 0.305 e. The topological polar surface area (TPSA) is 12.0 Å². The first-order valence-corrected chi connectivity index (χ1v) is 9.13. The summed E-state index contributed by atoms with van der Waals surface area (Å²) in [5.74, 6) is 4.17. The van der Waals surface area contributed by atoms with Crippen molar-refractivity contribution < 1.29 is 0 Å². The Kier molecular flexibility index (Phi) is 2.31. The van der Waals surface area contributed by atoms with E-state index in [1.54, 1.807) is 38.5 Å². The van der Waals surface area contributed by atoms with Gasteiger partial charge in [-0.25, -0.2) is 0 Å². The lowest BCUT2D eigenvalue weighted by Crippen LogP contribution is -2.81. The Morgan fingerprint density at radius 1 is 0.526 bits per heavy atom. The van der Waals surface area contributed by atoms with Crippen LogP contribution in [0.4, 0.5) is 0 Å². The lowest BCUT2D eigenvalue weighted by molar-refractivity contribution is -0.130. The summed E-state index contributed by atoms with van der Waals surface area (Å²) in [6.45, 7) is 0. The van der Waals surface area contributed by atoms with Crippen molar-refractivity contribution in [2.45, 2.75) is 88.1 Å². The second-order valence-electron chi connectivity index (χ2n) is 8.54. The van der Waals surface area contributed by atoms with Crippen molar-refractivity contribution >= 4 is 0 Å². The summed E-state index contributed by atoms with van der Waals surface area (Å²) < 4.78 is 0. The Balaban J connectivity index is 1.59. The van der Waals surface area contributed by atoms with E-state index in [1.165, 1.54) is 38.5 Å². The Bertz CT molecular complexity index is 347. The second-order valence-corrected chi connectivity index (χ2v) is 8.54. The van der Waals surface area contributed by atoms with E-state index in [-0.39, 0.29) is 0 Å². The van der Waals surface area contributed by atoms with Gasteiger partial charge >= 0.3 is 0 Å². The summed E-state index contributed by atoms with van der Waals surface area (Å²) in [7, 11) is 0. The van der Waals surface area contributed by atoms with Crippen LogP contribution in [0.1, 0.15) is 77.0 Å². The third-order valence-corrected chi connectivity index (χ3v) is 8.14. The molecule has 2 heterocycles. The second kappa shape index (κ2) is 3.78. The molecule has 2 aliphatic heterocycles. The zero-order valence-corrected chi connectivity index (χ0v) is 12.3. The van der Waals surface area contributed by atoms with Crippen LogP contribution in [0.5, 0.6) is 0 Å². The van der Waals surface area contributed by atoms with Crippen LogP contribution in [0.25, 0.3) is 0 Å². The molecule has 19 heavy (non-hydrogen) atoms. The minimum atomic E-state index is 0.628. The third-order valence-electron chi connectivity index (χ3n) is 8.14. The summed E-state index contributed by atoms with van der Waals surface area (Å²) in [5.41, 5.74) is 1.26. The fraction of sp³-hybridized carbons (Fsp3) is 1.00. The lowest BCUT2D eigenvalue weighted by Gasteiger charge is -2.70. The van der Waals surface area contributed by atoms with Gasteiger partial charge in [-0.05, 0) is 81.5 Å². The Morgan fingerprint density at radius 3 is 1.21 bits per heavy atom. The van der Waals surface area contributed by atoms with Gasteiger partial charge in [0.2, 0.25) is 0 Å². The molecule has 0 aromatic heterocycles. The number of hydrogen-bond acceptors (Lipinski definition) is 1. The maximum Gasteiger partial charge on any atom is 0.0260 e. The molecule has 1 heteroatoms. The van der Waals surface area contributed by atoms with Crippen LogP contribution in [-0.4, -0.2) is 11.1 Å². The predicted molar refractivity (Wildman–Crippen MR) is 78.0 cm³/mol. The first kappa shape index (κ1) is 11.6. The fourth-order valence-electron chi connectivity index (χ4n) is 7.42. The van der Waals surface area contributed by atoms with Crippen LogP contribution < -0.4 is 5.32 Å². The van der Waals surface area contributed by atoms with E-state index in [9.17, 15) is 0 Å². The molecule has 106 valence electrons. The van der Waals surface area contributed by atoms with Crippen LogP contribution in [-0.2, 0) is 0 Å². The molecule has 1 nitrogen and oxygen atoms in total. The lowest BCUT2D eigenvalue weighted by atomic mass is 9.47. The van der Waals surface area contributed by atoms with Crippen LogP contribution in [0.3, 0.4) is 0 Å². The normalized spacial score (nSPS) is 59.4. The number of hydrogen-bond donors (Lipinski definition) is 1. The van der Waals surface area contributed by atoms with Gasteiger partial charge < -0.3 is 5.32 Å². The van der Waals surface area contributed by atoms with E-state index < -0.39 is 0 Å². The van der Waals surface area contributed by atoms with Gasteiger partial charge in [-0.15, -0.1) is 0 Å². The highest BCUT2D eigenvalue weighted by Gasteiger charge is 2.68. The molecule has 6 atom stereocenters. The van der Waals surface area contributed by atoms with Gasteiger partial charge in [0.05, 0.1) is 0 Å². The molecule has 0 radical (unpaired) electrons. The summed E-state index contributed by atoms with van der Waals surface area (Å²) in [6, 6.07) is 0. The van der Waals surface area contributed by atoms with Crippen molar-refractivity contribution in [3.05, 3.63) is 0 Å². The molecule has 6 rings (SSSR count). The zero-order chi connectivity index (χ0) is 12.5. The zero-order valence-electron chi connectivity index (χ0n) is 12.3. The molecular formula is C18H29N. The maximum absolute atomic E-state index is 4.37. The summed E-state index contributed by atoms with van der Waals surface area (Å²) in [5, 5.41) is 4.37. The number of nitrogens with one attached hydrogen (secondary N) is 1. The van der Waals surface area contributed by atoms with Gasteiger partial charge in [0.15, 0.2) is 0 Å². The number of rotatable bonds is 0. The molecule has 4 saturated carbocycles. The van der Waals surface area contributed by atoms with Gasteiger partial charge in [-0.1, -0.05) is 19.3 Å². The molecule has 6 fully saturated rings. The minimum Gasteiger partial charge on any atom is -0.305 e. The molecule has 0 aromatic rings. The van der Waals surface area contributed by atoms with E-state index in [1.807, 2.05) is 0 Å². The average molecular weight is 259 g/mol. The predicted octanol–water partition coefficient (Wildman–Crippen LogP) is 4.27. The van der Waals surface area contributed by atoms with Crippen molar-refractivity contribution in [3.8, 4) is 0 Å². The highest BCUT2D eigenvalue weighted by Crippen LogP contribution is 2.64. The monoisotopic (exact) mass is 259 g/mol. The standard InChI is InChI=1S/C18H29N/c1-4-13-6-2-8-15-10-11-16-9-3-7-14(5-1)18(16)12-17(13,15)19-18/h13-16,19H,1-12H2/t13?,14?,15-,16?,17+,18?/m1/s1. The smallest absolute Gasteiger partial charge is 0.0260 e. The Labute approximate surface area is 117 Å². The van der Waals surface area contributed by atoms with Gasteiger partial charge in [0.25, 0.3) is 0 Å². The van der Waals surface area contributed by atoms with Crippen molar-refractivity contribution in [2.75, 3.05) is 0 Å². The van der Waals surface area contributed by atoms with Crippen molar-refractivity contribution in [2.24, 2.45) is 23.7 Å². The first-order chi connectivity index (χ1) is 9.33. The molecule has 2 saturated heterocycles. The van der Waals surface area contributed by atoms with E-state index in [2.05, 4.69) is 5.32 Å². The summed E-state index contributed by atoms with van der Waals surface area (Å²) in [4.78, 5) is 0. The van der Waals surface area contributed by atoms with Gasteiger partial charge in [0, 0.05) is 11.1 Å². The molecule has 0 amide bonds. The SMILES string of the molecule is C1CC2CCCC3CCC[C@@H]4CCC(C1)C21C[C@]34N1. The molecule has 4 unspecified atom stereocenters. The first-order valence-electron chi connectivity index (χ1n) is 9.13. The molecule has 6 aliphatic rings. The summed E-state index contributed by atoms with van der Waals surface area (Å²) >= 11 is 0. The molecule has 2 bridgehead atoms. The highest BCUT2D eigenvalue weighted by molar-refractivity contribution is 5.25. The molecule has 4 aliphatic carbocycles. The van der Waals surface area contributed by atoms with Crippen molar-refractivity contribution in [1.29, 1.82) is 0 Å². The fourth-order valence-corrected chi connectivity index (χ4v) is 7.42. The molecule has 0 aromatic carbocycles. The number of fused-ring (bicyclic) bond motifs is 1. The molecule has 2 spiro atoms. The van der Waals surface area contributed by atoms with Gasteiger partial charge in [-0.2, -0.15) is 0 Å². The van der Waals surface area contributed by atoms with E-state index >= 15 is 0 Å². The Morgan fingerprint density at radius 2 is 0.842 bits per heavy atom. The Hall–Kier alpha value is -0.0400. The van der Waals surface area contributed by atoms with E-state index in [0.717, 1.165) is 23.7 Å². The van der Waals surface area contributed by atoms with Crippen LogP contribution in [0, 0.1) is 23.7 Å².